The summed E-state index contributed by atoms with van der Waals surface area (Å²) in [6.45, 7) is 3.52. The first kappa shape index (κ1) is 7.94. The third kappa shape index (κ3) is 1.65. The first-order valence-corrected chi connectivity index (χ1v) is 3.95. The first-order chi connectivity index (χ1) is 5.25. The van der Waals surface area contributed by atoms with Crippen molar-refractivity contribution in [3.05, 3.63) is 39.8 Å². The summed E-state index contributed by atoms with van der Waals surface area (Å²) in [5.41, 5.74) is 0.745. The molecule has 0 fully saturated rings. The highest BCUT2D eigenvalue weighted by atomic mass is 32.1. The van der Waals surface area contributed by atoms with Crippen LogP contribution in [0.25, 0.3) is 0 Å². The van der Waals surface area contributed by atoms with E-state index in [0.29, 0.717) is 6.42 Å². The van der Waals surface area contributed by atoms with Crippen molar-refractivity contribution in [3.8, 4) is 0 Å². The van der Waals surface area contributed by atoms with Gasteiger partial charge >= 0.3 is 5.00 Å². The predicted octanol–water partition coefficient (Wildman–Crippen LogP) is 2.38. The van der Waals surface area contributed by atoms with Crippen molar-refractivity contribution in [2.45, 2.75) is 6.42 Å². The Bertz CT molecular complexity index is 280. The fourth-order valence-electron chi connectivity index (χ4n) is 0.799. The Morgan fingerprint density at radius 3 is 3.09 bits per heavy atom. The SMILES string of the molecule is C=CCc1ccsc1[N+](=O)[O-]. The minimum atomic E-state index is -0.358. The van der Waals surface area contributed by atoms with Crippen LogP contribution in [0.2, 0.25) is 0 Å². The molecule has 0 aliphatic heterocycles. The van der Waals surface area contributed by atoms with Gasteiger partial charge in [0.25, 0.3) is 0 Å². The van der Waals surface area contributed by atoms with Crippen molar-refractivity contribution in [3.63, 3.8) is 0 Å². The number of nitro groups is 1. The van der Waals surface area contributed by atoms with Crippen LogP contribution >= 0.6 is 11.3 Å². The topological polar surface area (TPSA) is 43.1 Å². The van der Waals surface area contributed by atoms with Gasteiger partial charge in [0.05, 0.1) is 4.92 Å². The molecule has 1 heterocycles. The Balaban J connectivity index is 2.95. The Labute approximate surface area is 68.1 Å². The summed E-state index contributed by atoms with van der Waals surface area (Å²) in [5, 5.41) is 12.3. The van der Waals surface area contributed by atoms with Gasteiger partial charge in [0.2, 0.25) is 0 Å². The van der Waals surface area contributed by atoms with Crippen LogP contribution in [0.15, 0.2) is 24.1 Å². The molecular formula is C7H7NO2S. The van der Waals surface area contributed by atoms with Crippen LogP contribution in [0, 0.1) is 10.1 Å². The molecule has 11 heavy (non-hydrogen) atoms. The molecule has 0 aromatic carbocycles. The maximum Gasteiger partial charge on any atom is 0.327 e. The second-order valence-corrected chi connectivity index (χ2v) is 2.90. The Morgan fingerprint density at radius 2 is 2.55 bits per heavy atom. The molecule has 0 aliphatic rings. The second-order valence-electron chi connectivity index (χ2n) is 2.00. The van der Waals surface area contributed by atoms with Crippen molar-refractivity contribution in [1.82, 2.24) is 0 Å². The summed E-state index contributed by atoms with van der Waals surface area (Å²) in [6, 6.07) is 1.75. The third-order valence-corrected chi connectivity index (χ3v) is 2.16. The Morgan fingerprint density at radius 1 is 1.82 bits per heavy atom. The van der Waals surface area contributed by atoms with Crippen molar-refractivity contribution in [2.24, 2.45) is 0 Å². The molecule has 4 heteroatoms. The maximum absolute atomic E-state index is 10.3. The fraction of sp³-hybridized carbons (Fsp3) is 0.143. The molecule has 0 spiro atoms. The lowest BCUT2D eigenvalue weighted by Gasteiger charge is -1.89. The zero-order chi connectivity index (χ0) is 8.27. The molecule has 0 N–H and O–H groups in total. The molecule has 1 aromatic rings. The van der Waals surface area contributed by atoms with E-state index in [1.54, 1.807) is 17.5 Å². The lowest BCUT2D eigenvalue weighted by atomic mass is 10.2. The van der Waals surface area contributed by atoms with Gasteiger partial charge in [-0.05, 0) is 17.9 Å². The zero-order valence-corrected chi connectivity index (χ0v) is 6.63. The quantitative estimate of drug-likeness (QED) is 0.396. The summed E-state index contributed by atoms with van der Waals surface area (Å²) in [6.07, 6.45) is 2.23. The van der Waals surface area contributed by atoms with E-state index in [9.17, 15) is 10.1 Å². The van der Waals surface area contributed by atoms with Crippen LogP contribution in [-0.2, 0) is 6.42 Å². The lowest BCUT2D eigenvalue weighted by molar-refractivity contribution is -0.380. The average molecular weight is 169 g/mol. The second kappa shape index (κ2) is 3.30. The van der Waals surface area contributed by atoms with Crippen LogP contribution in [0.5, 0.6) is 0 Å². The predicted molar refractivity (Wildman–Crippen MR) is 44.9 cm³/mol. The largest absolute Gasteiger partial charge is 0.327 e. The summed E-state index contributed by atoms with van der Waals surface area (Å²) in [7, 11) is 0. The van der Waals surface area contributed by atoms with Gasteiger partial charge in [-0.2, -0.15) is 0 Å². The van der Waals surface area contributed by atoms with Crippen molar-refractivity contribution >= 4 is 16.3 Å². The molecule has 0 saturated heterocycles. The van der Waals surface area contributed by atoms with E-state index < -0.39 is 0 Å². The highest BCUT2D eigenvalue weighted by Gasteiger charge is 2.12. The van der Waals surface area contributed by atoms with E-state index in [4.69, 9.17) is 0 Å². The molecule has 0 saturated carbocycles. The van der Waals surface area contributed by atoms with Crippen LogP contribution in [-0.4, -0.2) is 4.92 Å². The molecule has 3 nitrogen and oxygen atoms in total. The number of rotatable bonds is 3. The molecule has 0 unspecified atom stereocenters. The summed E-state index contributed by atoms with van der Waals surface area (Å²) in [5.74, 6) is 0. The zero-order valence-electron chi connectivity index (χ0n) is 5.82. The molecular weight excluding hydrogens is 162 g/mol. The fourth-order valence-corrected chi connectivity index (χ4v) is 1.55. The highest BCUT2D eigenvalue weighted by Crippen LogP contribution is 2.25. The van der Waals surface area contributed by atoms with Gasteiger partial charge in [0.1, 0.15) is 0 Å². The van der Waals surface area contributed by atoms with E-state index in [1.807, 2.05) is 0 Å². The van der Waals surface area contributed by atoms with Gasteiger partial charge in [-0.15, -0.1) is 6.58 Å². The van der Waals surface area contributed by atoms with Gasteiger partial charge in [0, 0.05) is 5.56 Å². The minimum Gasteiger partial charge on any atom is -0.258 e. The Hall–Kier alpha value is -1.16. The van der Waals surface area contributed by atoms with Crippen LogP contribution in [0.3, 0.4) is 0 Å². The van der Waals surface area contributed by atoms with Gasteiger partial charge in [-0.1, -0.05) is 17.4 Å². The molecule has 0 bridgehead atoms. The highest BCUT2D eigenvalue weighted by molar-refractivity contribution is 7.13. The van der Waals surface area contributed by atoms with Crippen molar-refractivity contribution in [2.75, 3.05) is 0 Å². The molecule has 58 valence electrons. The molecule has 0 radical (unpaired) electrons. The summed E-state index contributed by atoms with van der Waals surface area (Å²) < 4.78 is 0. The minimum absolute atomic E-state index is 0.227. The van der Waals surface area contributed by atoms with E-state index >= 15 is 0 Å². The number of nitrogens with zero attached hydrogens (tertiary/aromatic N) is 1. The van der Waals surface area contributed by atoms with E-state index in [1.165, 1.54) is 0 Å². The molecule has 1 aromatic heterocycles. The molecule has 0 amide bonds. The van der Waals surface area contributed by atoms with Crippen molar-refractivity contribution in [1.29, 1.82) is 0 Å². The van der Waals surface area contributed by atoms with Crippen LogP contribution in [0.1, 0.15) is 5.56 Å². The van der Waals surface area contributed by atoms with Crippen LogP contribution in [0.4, 0.5) is 5.00 Å². The summed E-state index contributed by atoms with van der Waals surface area (Å²) in [4.78, 5) is 9.98. The standard InChI is InChI=1S/C7H7NO2S/c1-2-3-6-4-5-11-7(6)8(9)10/h2,4-5H,1,3H2. The average Bonchev–Trinajstić information content (AvgIpc) is 2.36. The number of thiophene rings is 1. The normalized spacial score (nSPS) is 9.45. The molecule has 1 rings (SSSR count). The third-order valence-electron chi connectivity index (χ3n) is 1.25. The molecule has 0 aliphatic carbocycles. The van der Waals surface area contributed by atoms with Crippen LogP contribution < -0.4 is 0 Å². The number of hydrogen-bond donors (Lipinski definition) is 0. The smallest absolute Gasteiger partial charge is 0.258 e. The van der Waals surface area contributed by atoms with Gasteiger partial charge in [-0.3, -0.25) is 10.1 Å². The van der Waals surface area contributed by atoms with Gasteiger partial charge in [-0.25, -0.2) is 0 Å². The first-order valence-electron chi connectivity index (χ1n) is 3.07. The van der Waals surface area contributed by atoms with Gasteiger partial charge < -0.3 is 0 Å². The van der Waals surface area contributed by atoms with Gasteiger partial charge in [0.15, 0.2) is 0 Å². The maximum atomic E-state index is 10.3. The number of hydrogen-bond acceptors (Lipinski definition) is 3. The van der Waals surface area contributed by atoms with Crippen molar-refractivity contribution < 1.29 is 4.92 Å². The Kier molecular flexibility index (Phi) is 2.38. The van der Waals surface area contributed by atoms with E-state index in [0.717, 1.165) is 16.9 Å². The molecule has 0 atom stereocenters. The monoisotopic (exact) mass is 169 g/mol. The van der Waals surface area contributed by atoms with E-state index in [-0.39, 0.29) is 9.92 Å². The summed E-state index contributed by atoms with van der Waals surface area (Å²) >= 11 is 1.15. The number of allylic oxidation sites excluding steroid dienone is 1. The lowest BCUT2D eigenvalue weighted by Crippen LogP contribution is -1.88. The van der Waals surface area contributed by atoms with E-state index in [2.05, 4.69) is 6.58 Å².